The zero-order valence-corrected chi connectivity index (χ0v) is 47.8. The molecule has 404 valence electrons. The Morgan fingerprint density at radius 1 is 0.753 bits per heavy atom. The van der Waals surface area contributed by atoms with Crippen LogP contribution in [0.25, 0.3) is 26.2 Å². The second-order valence-corrected chi connectivity index (χ2v) is 22.4. The van der Waals surface area contributed by atoms with Gasteiger partial charge in [0, 0.05) is 67.3 Å². The van der Waals surface area contributed by atoms with Crippen molar-refractivity contribution in [3.63, 3.8) is 0 Å². The standard InChI is InChI=1S/C23H20Cl2N6O7S2.C22H20BrClN6O5S2/c1-10(32)35-8-15-19(36-11(2)33)18(31-7-14(29-30-31)22-28-17(25)9-39-22)20(37-12(3)34)23(38-15)40-16-5-13(24)6-27-21(16)26-4;1-10-17(8-33-11(2)31)35-22(37-13-4-14(23)15(5-25)26-6-13)20(34-12(3)32)19(10)30-7-16(28-29-30)21-27-18(24)9-36-21/h5-7,9,15,18-20,23H,8H2,1-3H3;4,6-7,9-10,17,19-20,22H,8H2,1-3H3/t15?,18?,19-,20-,23+;10-,17?,19?,20-,22+/m00/s1. The molecule has 8 rings (SSSR count). The van der Waals surface area contributed by atoms with Gasteiger partial charge in [0.25, 0.3) is 5.82 Å². The lowest BCUT2D eigenvalue weighted by Crippen LogP contribution is -2.57. The van der Waals surface area contributed by atoms with Crippen LogP contribution in [0.2, 0.25) is 15.3 Å². The summed E-state index contributed by atoms with van der Waals surface area (Å²) in [7, 11) is 0. The van der Waals surface area contributed by atoms with Gasteiger partial charge in [0.15, 0.2) is 24.0 Å². The van der Waals surface area contributed by atoms with E-state index in [1.165, 1.54) is 98.4 Å². The molecule has 2 aliphatic rings. The van der Waals surface area contributed by atoms with Crippen molar-refractivity contribution >= 4 is 133 Å². The van der Waals surface area contributed by atoms with E-state index in [9.17, 15) is 29.2 Å². The summed E-state index contributed by atoms with van der Waals surface area (Å²) in [5.74, 6) is -3.12. The fourth-order valence-electron chi connectivity index (χ4n) is 7.72. The molecule has 77 heavy (non-hydrogen) atoms. The zero-order valence-electron chi connectivity index (χ0n) is 40.7. The minimum absolute atomic E-state index is 0.00416. The molecule has 6 aromatic rings. The van der Waals surface area contributed by atoms with Crippen LogP contribution in [0.3, 0.4) is 0 Å². The Kier molecular flexibility index (Phi) is 20.4. The highest BCUT2D eigenvalue weighted by Gasteiger charge is 2.53. The highest BCUT2D eigenvalue weighted by molar-refractivity contribution is 9.10. The van der Waals surface area contributed by atoms with Crippen LogP contribution in [0.1, 0.15) is 59.3 Å². The molecular formula is C45H40BrCl3N12O12S4. The molecule has 0 aliphatic carbocycles. The second-order valence-electron chi connectivity index (χ2n) is 16.3. The third-order valence-electron chi connectivity index (χ3n) is 10.8. The molecule has 0 saturated carbocycles. The number of aromatic nitrogens is 10. The normalized spacial score (nSPS) is 22.8. The molecule has 0 aromatic carbocycles. The molecule has 2 aliphatic heterocycles. The van der Waals surface area contributed by atoms with Gasteiger partial charge in [-0.15, -0.1) is 49.6 Å². The van der Waals surface area contributed by atoms with E-state index in [4.69, 9.17) is 74.5 Å². The van der Waals surface area contributed by atoms with E-state index >= 15 is 0 Å². The summed E-state index contributed by atoms with van der Waals surface area (Å²) in [5, 5.41) is 31.4. The molecule has 6 aromatic heterocycles. The Hall–Kier alpha value is -5.86. The summed E-state index contributed by atoms with van der Waals surface area (Å²) in [6.07, 6.45) is 1.44. The van der Waals surface area contributed by atoms with Crippen LogP contribution in [0, 0.1) is 23.8 Å². The van der Waals surface area contributed by atoms with Crippen molar-refractivity contribution in [1.82, 2.24) is 49.9 Å². The summed E-state index contributed by atoms with van der Waals surface area (Å²) in [6, 6.07) is 3.72. The van der Waals surface area contributed by atoms with Gasteiger partial charge < -0.3 is 38.0 Å². The molecule has 0 radical (unpaired) electrons. The van der Waals surface area contributed by atoms with Crippen LogP contribution in [0.5, 0.6) is 0 Å². The van der Waals surface area contributed by atoms with Crippen LogP contribution >= 0.6 is 96.9 Å². The fraction of sp³-hybridized carbons (Fsp3) is 0.400. The smallest absolute Gasteiger partial charge is 0.303 e. The third kappa shape index (κ3) is 15.2. The van der Waals surface area contributed by atoms with Gasteiger partial charge in [-0.05, 0) is 28.1 Å². The molecule has 24 nitrogen and oxygen atoms in total. The average molecular weight is 1260 g/mol. The van der Waals surface area contributed by atoms with Crippen LogP contribution in [0.15, 0.2) is 61.9 Å². The van der Waals surface area contributed by atoms with Crippen molar-refractivity contribution in [3.05, 3.63) is 84.6 Å². The van der Waals surface area contributed by atoms with Crippen molar-refractivity contribution < 1.29 is 57.1 Å². The van der Waals surface area contributed by atoms with Gasteiger partial charge in [-0.2, -0.15) is 5.26 Å². The number of ether oxygens (including phenoxy) is 7. The van der Waals surface area contributed by atoms with Gasteiger partial charge in [-0.1, -0.05) is 70.5 Å². The summed E-state index contributed by atoms with van der Waals surface area (Å²) in [6.45, 7) is 15.3. The molecule has 4 unspecified atom stereocenters. The van der Waals surface area contributed by atoms with Gasteiger partial charge in [0.05, 0.1) is 34.0 Å². The van der Waals surface area contributed by atoms with E-state index < -0.39 is 83.3 Å². The number of hydrogen-bond donors (Lipinski definition) is 0. The van der Waals surface area contributed by atoms with Gasteiger partial charge in [0.2, 0.25) is 0 Å². The number of pyridine rings is 2. The number of carbonyl (C=O) groups is 5. The Balaban J connectivity index is 0.000000224. The number of rotatable bonds is 15. The minimum atomic E-state index is -1.15. The number of thiazole rings is 2. The number of hydrogen-bond acceptors (Lipinski definition) is 25. The van der Waals surface area contributed by atoms with E-state index in [1.807, 2.05) is 13.0 Å². The number of carbonyl (C=O) groups excluding carboxylic acids is 5. The van der Waals surface area contributed by atoms with Gasteiger partial charge in [-0.25, -0.2) is 24.3 Å². The Bertz CT molecular complexity index is 3230. The molecule has 2 saturated heterocycles. The monoisotopic (exact) mass is 1250 g/mol. The van der Waals surface area contributed by atoms with E-state index in [0.717, 1.165) is 11.8 Å². The van der Waals surface area contributed by atoms with Crippen molar-refractivity contribution in [2.45, 2.75) is 105 Å². The molecular weight excluding hydrogens is 1220 g/mol. The predicted octanol–water partition coefficient (Wildman–Crippen LogP) is 8.41. The Morgan fingerprint density at radius 3 is 1.78 bits per heavy atom. The summed E-state index contributed by atoms with van der Waals surface area (Å²) in [5.41, 5.74) is -0.639. The van der Waals surface area contributed by atoms with Gasteiger partial charge >= 0.3 is 29.8 Å². The van der Waals surface area contributed by atoms with E-state index in [2.05, 4.69) is 61.3 Å². The van der Waals surface area contributed by atoms with E-state index in [0.29, 0.717) is 40.8 Å². The Morgan fingerprint density at radius 2 is 1.27 bits per heavy atom. The second kappa shape index (κ2) is 26.7. The lowest BCUT2D eigenvalue weighted by atomic mass is 9.89. The number of nitriles is 1. The number of halogens is 4. The molecule has 0 amide bonds. The Labute approximate surface area is 477 Å². The summed E-state index contributed by atoms with van der Waals surface area (Å²) >= 11 is 26.3. The highest BCUT2D eigenvalue weighted by atomic mass is 79.9. The molecule has 0 bridgehead atoms. The van der Waals surface area contributed by atoms with Crippen molar-refractivity contribution in [2.75, 3.05) is 13.2 Å². The van der Waals surface area contributed by atoms with Gasteiger partial charge in [0.1, 0.15) is 80.2 Å². The van der Waals surface area contributed by atoms with Crippen LogP contribution < -0.4 is 0 Å². The average Bonchev–Trinajstić information content (AvgIpc) is 4.22. The van der Waals surface area contributed by atoms with Crippen molar-refractivity contribution in [1.29, 1.82) is 5.26 Å². The van der Waals surface area contributed by atoms with E-state index in [1.54, 1.807) is 27.7 Å². The first-order chi connectivity index (χ1) is 36.7. The SMILES string of the molecule is CC(=O)OCC1O[C@H](Sc2cnc(C#N)c(Br)c2)[C@@H](OC(C)=O)C(n2cc(-c3nc(Cl)cs3)nn2)[C@H]1C.[C-]#[N+]c1ncc(Cl)cc1S[C@H]1OC(COC(C)=O)[C@H](OC(C)=O)C(n2cc(-c3nc(Cl)cs3)nn2)[C@@H]1OC(C)=O. The van der Waals surface area contributed by atoms with Crippen molar-refractivity contribution in [3.8, 4) is 27.5 Å². The lowest BCUT2D eigenvalue weighted by molar-refractivity contribution is -0.212. The quantitative estimate of drug-likeness (QED) is 0.0529. The zero-order chi connectivity index (χ0) is 55.7. The van der Waals surface area contributed by atoms with Gasteiger partial charge in [-0.3, -0.25) is 24.0 Å². The molecule has 32 heteroatoms. The topological polar surface area (TPSA) is 291 Å². The fourth-order valence-corrected chi connectivity index (χ4v) is 12.6. The third-order valence-corrected chi connectivity index (χ3v) is 16.3. The molecule has 0 N–H and O–H groups in total. The predicted molar refractivity (Wildman–Crippen MR) is 281 cm³/mol. The summed E-state index contributed by atoms with van der Waals surface area (Å²) < 4.78 is 43.7. The van der Waals surface area contributed by atoms with E-state index in [-0.39, 0.29) is 40.8 Å². The maximum absolute atomic E-state index is 12.3. The largest absolute Gasteiger partial charge is 0.463 e. The highest BCUT2D eigenvalue weighted by Crippen LogP contribution is 2.45. The molecule has 2 fully saturated rings. The maximum atomic E-state index is 12.3. The lowest BCUT2D eigenvalue weighted by Gasteiger charge is -2.44. The first kappa shape index (κ1) is 58.8. The molecule has 8 heterocycles. The number of nitrogens with zero attached hydrogens (tertiary/aromatic N) is 12. The minimum Gasteiger partial charge on any atom is -0.463 e. The maximum Gasteiger partial charge on any atom is 0.303 e. The molecule has 0 spiro atoms. The van der Waals surface area contributed by atoms with Crippen LogP contribution in [-0.2, 0) is 57.1 Å². The van der Waals surface area contributed by atoms with Crippen LogP contribution in [-0.4, -0.2) is 134 Å². The van der Waals surface area contributed by atoms with Crippen LogP contribution in [0.4, 0.5) is 5.82 Å². The molecule has 10 atom stereocenters. The number of esters is 5. The summed E-state index contributed by atoms with van der Waals surface area (Å²) in [4.78, 5) is 81.0. The number of thioether (sulfide) groups is 2. The first-order valence-corrected chi connectivity index (χ1v) is 27.7. The van der Waals surface area contributed by atoms with Crippen molar-refractivity contribution in [2.24, 2.45) is 5.92 Å². The first-order valence-electron chi connectivity index (χ1n) is 22.3.